The van der Waals surface area contributed by atoms with E-state index in [-0.39, 0.29) is 0 Å². The molecule has 0 spiro atoms. The molecule has 2 rings (SSSR count). The lowest BCUT2D eigenvalue weighted by atomic mass is 10.2. The van der Waals surface area contributed by atoms with Gasteiger partial charge in [0.25, 0.3) is 0 Å². The summed E-state index contributed by atoms with van der Waals surface area (Å²) in [6, 6.07) is 10.3. The lowest BCUT2D eigenvalue weighted by Crippen LogP contribution is -2.01. The highest BCUT2D eigenvalue weighted by Gasteiger charge is 2.02. The number of aryl methyl sites for hydroxylation is 1. The molecule has 15 heavy (non-hydrogen) atoms. The number of nitrogens with zero attached hydrogens (tertiary/aromatic N) is 2. The van der Waals surface area contributed by atoms with Gasteiger partial charge in [0.2, 0.25) is 0 Å². The second-order valence-corrected chi connectivity index (χ2v) is 3.63. The fourth-order valence-corrected chi connectivity index (χ4v) is 1.45. The molecule has 0 fully saturated rings. The molecule has 0 saturated carbocycles. The van der Waals surface area contributed by atoms with E-state index in [2.05, 4.69) is 29.4 Å². The van der Waals surface area contributed by atoms with Crippen molar-refractivity contribution in [3.8, 4) is 0 Å². The van der Waals surface area contributed by atoms with Gasteiger partial charge in [-0.15, -0.1) is 0 Å². The standard InChI is InChI=1S/C12H15N3/c1-10-12(14-9-15(10)2)13-8-11-6-4-3-5-7-11/h3-7,9,13H,8H2,1-2H3. The molecule has 78 valence electrons. The second kappa shape index (κ2) is 4.17. The SMILES string of the molecule is Cc1c(NCc2ccccc2)ncn1C. The molecule has 0 radical (unpaired) electrons. The molecule has 0 unspecified atom stereocenters. The topological polar surface area (TPSA) is 29.9 Å². The average molecular weight is 201 g/mol. The summed E-state index contributed by atoms with van der Waals surface area (Å²) in [4.78, 5) is 4.28. The maximum atomic E-state index is 4.28. The number of hydrogen-bond acceptors (Lipinski definition) is 2. The Morgan fingerprint density at radius 3 is 2.60 bits per heavy atom. The Bertz CT molecular complexity index is 431. The predicted octanol–water partition coefficient (Wildman–Crippen LogP) is 2.34. The van der Waals surface area contributed by atoms with Crippen LogP contribution in [-0.2, 0) is 13.6 Å². The molecule has 1 aromatic heterocycles. The molecule has 1 N–H and O–H groups in total. The van der Waals surface area contributed by atoms with Crippen molar-refractivity contribution in [3.05, 3.63) is 47.9 Å². The number of hydrogen-bond donors (Lipinski definition) is 1. The Morgan fingerprint density at radius 1 is 1.27 bits per heavy atom. The largest absolute Gasteiger partial charge is 0.365 e. The third kappa shape index (κ3) is 2.18. The van der Waals surface area contributed by atoms with Crippen LogP contribution in [0.1, 0.15) is 11.3 Å². The van der Waals surface area contributed by atoms with Gasteiger partial charge in [0.1, 0.15) is 5.82 Å². The van der Waals surface area contributed by atoms with Crippen LogP contribution in [-0.4, -0.2) is 9.55 Å². The highest BCUT2D eigenvalue weighted by molar-refractivity contribution is 5.40. The van der Waals surface area contributed by atoms with E-state index in [0.29, 0.717) is 0 Å². The lowest BCUT2D eigenvalue weighted by molar-refractivity contribution is 0.873. The van der Waals surface area contributed by atoms with Crippen molar-refractivity contribution in [1.29, 1.82) is 0 Å². The zero-order valence-corrected chi connectivity index (χ0v) is 9.07. The quantitative estimate of drug-likeness (QED) is 0.826. The van der Waals surface area contributed by atoms with Crippen molar-refractivity contribution in [2.45, 2.75) is 13.5 Å². The van der Waals surface area contributed by atoms with E-state index in [1.165, 1.54) is 5.56 Å². The molecular weight excluding hydrogens is 186 g/mol. The third-order valence-electron chi connectivity index (χ3n) is 2.53. The van der Waals surface area contributed by atoms with Gasteiger partial charge in [0.05, 0.1) is 12.0 Å². The molecule has 2 aromatic rings. The van der Waals surface area contributed by atoms with Gasteiger partial charge in [-0.25, -0.2) is 4.98 Å². The van der Waals surface area contributed by atoms with Crippen LogP contribution in [0.15, 0.2) is 36.7 Å². The van der Waals surface area contributed by atoms with Crippen LogP contribution in [0.5, 0.6) is 0 Å². The minimum Gasteiger partial charge on any atom is -0.365 e. The summed E-state index contributed by atoms with van der Waals surface area (Å²) in [6.07, 6.45) is 1.82. The fraction of sp³-hybridized carbons (Fsp3) is 0.250. The molecule has 0 aliphatic carbocycles. The molecular formula is C12H15N3. The summed E-state index contributed by atoms with van der Waals surface area (Å²) >= 11 is 0. The van der Waals surface area contributed by atoms with Gasteiger partial charge < -0.3 is 9.88 Å². The van der Waals surface area contributed by atoms with E-state index >= 15 is 0 Å². The number of imidazole rings is 1. The monoisotopic (exact) mass is 201 g/mol. The maximum absolute atomic E-state index is 4.28. The average Bonchev–Trinajstić information content (AvgIpc) is 2.59. The van der Waals surface area contributed by atoms with Crippen molar-refractivity contribution in [2.24, 2.45) is 7.05 Å². The molecule has 3 heteroatoms. The molecule has 1 heterocycles. The van der Waals surface area contributed by atoms with E-state index in [1.807, 2.05) is 36.1 Å². The van der Waals surface area contributed by atoms with Crippen LogP contribution in [0.2, 0.25) is 0 Å². The molecule has 0 aliphatic heterocycles. The van der Waals surface area contributed by atoms with Crippen molar-refractivity contribution in [3.63, 3.8) is 0 Å². The van der Waals surface area contributed by atoms with E-state index < -0.39 is 0 Å². The molecule has 0 bridgehead atoms. The second-order valence-electron chi connectivity index (χ2n) is 3.63. The molecule has 0 amide bonds. The van der Waals surface area contributed by atoms with Gasteiger partial charge in [0, 0.05) is 13.6 Å². The summed E-state index contributed by atoms with van der Waals surface area (Å²) < 4.78 is 2.01. The first-order valence-corrected chi connectivity index (χ1v) is 5.03. The Labute approximate surface area is 89.8 Å². The number of nitrogens with one attached hydrogen (secondary N) is 1. The molecule has 0 atom stereocenters. The summed E-state index contributed by atoms with van der Waals surface area (Å²) in [5.74, 6) is 0.960. The predicted molar refractivity (Wildman–Crippen MR) is 61.7 cm³/mol. The van der Waals surface area contributed by atoms with Crippen LogP contribution in [0.4, 0.5) is 5.82 Å². The molecule has 0 aliphatic rings. The number of rotatable bonds is 3. The number of anilines is 1. The lowest BCUT2D eigenvalue weighted by Gasteiger charge is -2.04. The molecule has 3 nitrogen and oxygen atoms in total. The van der Waals surface area contributed by atoms with Gasteiger partial charge in [-0.05, 0) is 12.5 Å². The van der Waals surface area contributed by atoms with Crippen LogP contribution >= 0.6 is 0 Å². The summed E-state index contributed by atoms with van der Waals surface area (Å²) in [7, 11) is 2.00. The van der Waals surface area contributed by atoms with Crippen molar-refractivity contribution in [2.75, 3.05) is 5.32 Å². The van der Waals surface area contributed by atoms with E-state index in [1.54, 1.807) is 0 Å². The molecule has 0 saturated heterocycles. The first-order valence-electron chi connectivity index (χ1n) is 5.03. The Balaban J connectivity index is 2.02. The van der Waals surface area contributed by atoms with Crippen LogP contribution < -0.4 is 5.32 Å². The minimum absolute atomic E-state index is 0.818. The zero-order chi connectivity index (χ0) is 10.7. The summed E-state index contributed by atoms with van der Waals surface area (Å²) in [5.41, 5.74) is 2.42. The highest BCUT2D eigenvalue weighted by Crippen LogP contribution is 2.11. The Hall–Kier alpha value is -1.77. The van der Waals surface area contributed by atoms with Crippen LogP contribution in [0, 0.1) is 6.92 Å². The first kappa shape index (κ1) is 9.77. The third-order valence-corrected chi connectivity index (χ3v) is 2.53. The Kier molecular flexibility index (Phi) is 2.72. The van der Waals surface area contributed by atoms with Crippen LogP contribution in [0.3, 0.4) is 0 Å². The zero-order valence-electron chi connectivity index (χ0n) is 9.07. The van der Waals surface area contributed by atoms with Crippen molar-refractivity contribution < 1.29 is 0 Å². The van der Waals surface area contributed by atoms with Crippen molar-refractivity contribution in [1.82, 2.24) is 9.55 Å². The van der Waals surface area contributed by atoms with Gasteiger partial charge in [-0.1, -0.05) is 30.3 Å². The normalized spacial score (nSPS) is 10.3. The van der Waals surface area contributed by atoms with Gasteiger partial charge >= 0.3 is 0 Å². The molecule has 1 aromatic carbocycles. The highest BCUT2D eigenvalue weighted by atomic mass is 15.1. The van der Waals surface area contributed by atoms with Gasteiger partial charge in [-0.2, -0.15) is 0 Å². The van der Waals surface area contributed by atoms with E-state index in [0.717, 1.165) is 18.1 Å². The van der Waals surface area contributed by atoms with Crippen LogP contribution in [0.25, 0.3) is 0 Å². The minimum atomic E-state index is 0.818. The summed E-state index contributed by atoms with van der Waals surface area (Å²) in [5, 5.41) is 3.32. The van der Waals surface area contributed by atoms with E-state index in [9.17, 15) is 0 Å². The smallest absolute Gasteiger partial charge is 0.147 e. The van der Waals surface area contributed by atoms with Gasteiger partial charge in [-0.3, -0.25) is 0 Å². The van der Waals surface area contributed by atoms with Crippen molar-refractivity contribution >= 4 is 5.82 Å². The fourth-order valence-electron chi connectivity index (χ4n) is 1.45. The summed E-state index contributed by atoms with van der Waals surface area (Å²) in [6.45, 7) is 2.87. The van der Waals surface area contributed by atoms with Gasteiger partial charge in [0.15, 0.2) is 0 Å². The van der Waals surface area contributed by atoms with E-state index in [4.69, 9.17) is 0 Å². The number of aromatic nitrogens is 2. The Morgan fingerprint density at radius 2 is 2.00 bits per heavy atom. The maximum Gasteiger partial charge on any atom is 0.147 e. The first-order chi connectivity index (χ1) is 7.27. The number of benzene rings is 1.